The summed E-state index contributed by atoms with van der Waals surface area (Å²) in [4.78, 5) is 11.6. The van der Waals surface area contributed by atoms with Gasteiger partial charge in [0.05, 0.1) is 6.61 Å². The molecule has 7 heteroatoms. The smallest absolute Gasteiger partial charge is 0.332 e. The Labute approximate surface area is 137 Å². The third-order valence-electron chi connectivity index (χ3n) is 4.76. The minimum absolute atomic E-state index is 0.0255. The van der Waals surface area contributed by atoms with Crippen molar-refractivity contribution in [3.05, 3.63) is 0 Å². The Hall–Kier alpha value is -1.34. The van der Waals surface area contributed by atoms with Crippen molar-refractivity contribution >= 4 is 11.8 Å². The summed E-state index contributed by atoms with van der Waals surface area (Å²) in [7, 11) is 0. The number of carbonyl (C=O) groups is 1. The van der Waals surface area contributed by atoms with E-state index >= 15 is 0 Å². The number of nitrogens with two attached hydrogens (primary N) is 1. The minimum atomic E-state index is -0.589. The van der Waals surface area contributed by atoms with Crippen LogP contribution < -0.4 is 5.73 Å². The molecule has 3 rings (SSSR count). The van der Waals surface area contributed by atoms with Gasteiger partial charge in [-0.3, -0.25) is 0 Å². The maximum atomic E-state index is 11.6. The predicted octanol–water partition coefficient (Wildman–Crippen LogP) is 1.81. The first-order valence-corrected chi connectivity index (χ1v) is 8.12. The third-order valence-corrected chi connectivity index (χ3v) is 4.76. The van der Waals surface area contributed by atoms with Crippen LogP contribution in [0.2, 0.25) is 0 Å². The van der Waals surface area contributed by atoms with Crippen LogP contribution in [-0.2, 0) is 19.0 Å². The lowest BCUT2D eigenvalue weighted by Crippen LogP contribution is -2.57. The molecule has 3 N–H and O–H groups in total. The van der Waals surface area contributed by atoms with Gasteiger partial charge >= 0.3 is 5.97 Å². The number of carbonyl (C=O) groups excluding carboxylic acids is 1. The molecule has 3 aliphatic rings. The molecule has 0 spiro atoms. The number of hydrogen-bond acceptors (Lipinski definition) is 6. The van der Waals surface area contributed by atoms with Gasteiger partial charge in [0.2, 0.25) is 0 Å². The van der Waals surface area contributed by atoms with E-state index in [9.17, 15) is 4.79 Å². The highest BCUT2D eigenvalue weighted by Crippen LogP contribution is 2.50. The molecule has 0 unspecified atom stereocenters. The molecule has 0 aromatic rings. The molecule has 0 aromatic carbocycles. The molecular weight excluding hydrogens is 300 g/mol. The summed E-state index contributed by atoms with van der Waals surface area (Å²) in [5, 5.41) is 12.0. The average Bonchev–Trinajstić information content (AvgIpc) is 2.51. The Morgan fingerprint density at radius 2 is 1.96 bits per heavy atom. The first kappa shape index (κ1) is 18.0. The molecule has 2 saturated heterocycles. The Kier molecular flexibility index (Phi) is 5.20. The highest BCUT2D eigenvalue weighted by molar-refractivity contribution is 5.88. The molecule has 0 aromatic heterocycles. The normalized spacial score (nSPS) is 31.2. The van der Waals surface area contributed by atoms with Crippen molar-refractivity contribution in [1.82, 2.24) is 0 Å². The zero-order chi connectivity index (χ0) is 17.1. The Morgan fingerprint density at radius 1 is 1.30 bits per heavy atom. The van der Waals surface area contributed by atoms with Crippen LogP contribution in [0, 0.1) is 5.41 Å². The van der Waals surface area contributed by atoms with Crippen LogP contribution in [0.15, 0.2) is 5.16 Å². The van der Waals surface area contributed by atoms with Crippen LogP contribution in [0.25, 0.3) is 0 Å². The zero-order valence-electron chi connectivity index (χ0n) is 14.3. The number of amidine groups is 1. The summed E-state index contributed by atoms with van der Waals surface area (Å²) in [6.45, 7) is 6.55. The number of hydrogen-bond donors (Lipinski definition) is 2. The molecule has 23 heavy (non-hydrogen) atoms. The van der Waals surface area contributed by atoms with Crippen molar-refractivity contribution in [3.8, 4) is 0 Å². The van der Waals surface area contributed by atoms with Crippen LogP contribution in [0.5, 0.6) is 0 Å². The predicted molar refractivity (Wildman–Crippen MR) is 84.3 cm³/mol. The number of rotatable bonds is 6. The lowest BCUT2D eigenvalue weighted by atomic mass is 9.64. The SMILES string of the molecule is CC(C)(C)OC(=O)COCCC12CCC(/C(N)=N/O)(CC1)OC2. The fourth-order valence-electron chi connectivity index (χ4n) is 3.32. The van der Waals surface area contributed by atoms with E-state index in [1.807, 2.05) is 20.8 Å². The van der Waals surface area contributed by atoms with Gasteiger partial charge in [-0.05, 0) is 58.3 Å². The Bertz CT molecular complexity index is 445. The lowest BCUT2D eigenvalue weighted by molar-refractivity contribution is -0.165. The van der Waals surface area contributed by atoms with Gasteiger partial charge in [-0.2, -0.15) is 0 Å². The largest absolute Gasteiger partial charge is 0.458 e. The molecule has 3 fully saturated rings. The highest BCUT2D eigenvalue weighted by Gasteiger charge is 2.51. The summed E-state index contributed by atoms with van der Waals surface area (Å²) >= 11 is 0. The van der Waals surface area contributed by atoms with Crippen LogP contribution in [0.1, 0.15) is 52.9 Å². The van der Waals surface area contributed by atoms with Gasteiger partial charge in [-0.1, -0.05) is 5.16 Å². The zero-order valence-corrected chi connectivity index (χ0v) is 14.3. The minimum Gasteiger partial charge on any atom is -0.458 e. The molecular formula is C16H28N2O5. The summed E-state index contributed by atoms with van der Waals surface area (Å²) in [5.41, 5.74) is 4.76. The van der Waals surface area contributed by atoms with E-state index in [0.29, 0.717) is 13.2 Å². The first-order chi connectivity index (χ1) is 10.7. The van der Waals surface area contributed by atoms with Crippen molar-refractivity contribution in [2.45, 2.75) is 64.1 Å². The number of esters is 1. The fraction of sp³-hybridized carbons (Fsp3) is 0.875. The molecule has 2 heterocycles. The molecule has 2 aliphatic heterocycles. The molecule has 0 radical (unpaired) electrons. The van der Waals surface area contributed by atoms with Crippen LogP contribution in [0.4, 0.5) is 0 Å². The van der Waals surface area contributed by atoms with E-state index in [1.165, 1.54) is 0 Å². The number of oxime groups is 1. The summed E-state index contributed by atoms with van der Waals surface area (Å²) < 4.78 is 16.6. The van der Waals surface area contributed by atoms with Gasteiger partial charge < -0.3 is 25.2 Å². The Balaban J connectivity index is 1.73. The molecule has 1 saturated carbocycles. The van der Waals surface area contributed by atoms with Crippen LogP contribution in [-0.4, -0.2) is 48.0 Å². The van der Waals surface area contributed by atoms with Gasteiger partial charge in [0.15, 0.2) is 5.84 Å². The van der Waals surface area contributed by atoms with Crippen molar-refractivity contribution in [1.29, 1.82) is 0 Å². The van der Waals surface area contributed by atoms with Gasteiger partial charge in [-0.25, -0.2) is 4.79 Å². The molecule has 2 bridgehead atoms. The quantitative estimate of drug-likeness (QED) is 0.192. The van der Waals surface area contributed by atoms with Crippen molar-refractivity contribution in [3.63, 3.8) is 0 Å². The maximum absolute atomic E-state index is 11.6. The third kappa shape index (κ3) is 4.35. The van der Waals surface area contributed by atoms with Crippen LogP contribution in [0.3, 0.4) is 0 Å². The van der Waals surface area contributed by atoms with E-state index in [4.69, 9.17) is 25.2 Å². The van der Waals surface area contributed by atoms with E-state index < -0.39 is 11.2 Å². The topological polar surface area (TPSA) is 103 Å². The number of ether oxygens (including phenoxy) is 3. The molecule has 132 valence electrons. The van der Waals surface area contributed by atoms with Crippen molar-refractivity contribution in [2.75, 3.05) is 19.8 Å². The van der Waals surface area contributed by atoms with Crippen molar-refractivity contribution < 1.29 is 24.2 Å². The molecule has 1 aliphatic carbocycles. The van der Waals surface area contributed by atoms with Gasteiger partial charge in [-0.15, -0.1) is 0 Å². The van der Waals surface area contributed by atoms with Crippen LogP contribution >= 0.6 is 0 Å². The average molecular weight is 328 g/mol. The monoisotopic (exact) mass is 328 g/mol. The second-order valence-electron chi connectivity index (χ2n) is 7.66. The van der Waals surface area contributed by atoms with Crippen molar-refractivity contribution in [2.24, 2.45) is 16.3 Å². The summed E-state index contributed by atoms with van der Waals surface area (Å²) in [6.07, 6.45) is 4.27. The molecule has 0 atom stereocenters. The standard InChI is InChI=1S/C16H28N2O5/c1-14(2,3)23-12(19)10-21-9-8-15-4-6-16(7-5-15,22-11-15)13(17)18-20/h20H,4-11H2,1-3H3,(H2,17,18). The summed E-state index contributed by atoms with van der Waals surface area (Å²) in [6, 6.07) is 0. The second-order valence-corrected chi connectivity index (χ2v) is 7.66. The lowest BCUT2D eigenvalue weighted by Gasteiger charge is -2.52. The van der Waals surface area contributed by atoms with E-state index in [-0.39, 0.29) is 23.8 Å². The summed E-state index contributed by atoms with van der Waals surface area (Å²) in [5.74, 6) is -0.170. The van der Waals surface area contributed by atoms with E-state index in [2.05, 4.69) is 5.16 Å². The van der Waals surface area contributed by atoms with E-state index in [0.717, 1.165) is 32.1 Å². The van der Waals surface area contributed by atoms with Gasteiger partial charge in [0.1, 0.15) is 17.8 Å². The van der Waals surface area contributed by atoms with E-state index in [1.54, 1.807) is 0 Å². The number of fused-ring (bicyclic) bond motifs is 3. The Morgan fingerprint density at radius 3 is 2.43 bits per heavy atom. The van der Waals surface area contributed by atoms with Gasteiger partial charge in [0.25, 0.3) is 0 Å². The maximum Gasteiger partial charge on any atom is 0.332 e. The molecule has 7 nitrogen and oxygen atoms in total. The highest BCUT2D eigenvalue weighted by atomic mass is 16.6. The second kappa shape index (κ2) is 6.65. The number of nitrogens with zero attached hydrogens (tertiary/aromatic N) is 1. The fourth-order valence-corrected chi connectivity index (χ4v) is 3.32. The van der Waals surface area contributed by atoms with Gasteiger partial charge in [0, 0.05) is 6.61 Å². The molecule has 0 amide bonds. The first-order valence-electron chi connectivity index (χ1n) is 8.12.